The van der Waals surface area contributed by atoms with Gasteiger partial charge in [-0.25, -0.2) is 9.97 Å². The van der Waals surface area contributed by atoms with E-state index in [0.717, 1.165) is 22.2 Å². The topological polar surface area (TPSA) is 76.6 Å². The SMILES string of the molecule is COc1ccc(C2NC(=O)c3ccccc3N2c2ncnc3ccccc23)cc1OC. The second kappa shape index (κ2) is 7.60. The molecule has 1 atom stereocenters. The summed E-state index contributed by atoms with van der Waals surface area (Å²) in [5.41, 5.74) is 3.02. The molecule has 154 valence electrons. The van der Waals surface area contributed by atoms with Gasteiger partial charge in [-0.15, -0.1) is 0 Å². The molecule has 1 unspecified atom stereocenters. The summed E-state index contributed by atoms with van der Waals surface area (Å²) >= 11 is 0. The summed E-state index contributed by atoms with van der Waals surface area (Å²) in [6.07, 6.45) is 1.04. The molecule has 0 aliphatic carbocycles. The third-order valence-electron chi connectivity index (χ3n) is 5.41. The van der Waals surface area contributed by atoms with Gasteiger partial charge in [-0.05, 0) is 42.0 Å². The van der Waals surface area contributed by atoms with Crippen LogP contribution >= 0.6 is 0 Å². The molecule has 0 spiro atoms. The van der Waals surface area contributed by atoms with Crippen LogP contribution in [0.15, 0.2) is 73.1 Å². The van der Waals surface area contributed by atoms with Crippen molar-refractivity contribution in [1.29, 1.82) is 0 Å². The Morgan fingerprint density at radius 2 is 1.68 bits per heavy atom. The number of aromatic nitrogens is 2. The summed E-state index contributed by atoms with van der Waals surface area (Å²) in [5.74, 6) is 1.76. The van der Waals surface area contributed by atoms with Crippen LogP contribution < -0.4 is 19.7 Å². The van der Waals surface area contributed by atoms with Gasteiger partial charge in [0.1, 0.15) is 18.3 Å². The number of amides is 1. The van der Waals surface area contributed by atoms with Crippen molar-refractivity contribution < 1.29 is 14.3 Å². The Balaban J connectivity index is 1.75. The first kappa shape index (κ1) is 18.9. The highest BCUT2D eigenvalue weighted by Gasteiger charge is 2.34. The third kappa shape index (κ3) is 3.11. The summed E-state index contributed by atoms with van der Waals surface area (Å²) < 4.78 is 10.9. The highest BCUT2D eigenvalue weighted by Crippen LogP contribution is 2.42. The molecule has 31 heavy (non-hydrogen) atoms. The van der Waals surface area contributed by atoms with Crippen LogP contribution in [0.2, 0.25) is 0 Å². The van der Waals surface area contributed by atoms with E-state index in [1.54, 1.807) is 20.5 Å². The summed E-state index contributed by atoms with van der Waals surface area (Å²) in [7, 11) is 3.18. The fraction of sp³-hybridized carbons (Fsp3) is 0.125. The zero-order chi connectivity index (χ0) is 21.4. The maximum Gasteiger partial charge on any atom is 0.255 e. The number of rotatable bonds is 4. The van der Waals surface area contributed by atoms with E-state index in [2.05, 4.69) is 15.3 Å². The summed E-state index contributed by atoms with van der Waals surface area (Å²) in [6, 6.07) is 20.9. The van der Waals surface area contributed by atoms with E-state index < -0.39 is 6.17 Å². The predicted octanol–water partition coefficient (Wildman–Crippen LogP) is 4.23. The van der Waals surface area contributed by atoms with E-state index in [1.807, 2.05) is 71.6 Å². The Kier molecular flexibility index (Phi) is 4.63. The lowest BCUT2D eigenvalue weighted by atomic mass is 10.0. The van der Waals surface area contributed by atoms with Gasteiger partial charge in [0, 0.05) is 5.39 Å². The van der Waals surface area contributed by atoms with E-state index in [9.17, 15) is 4.79 Å². The van der Waals surface area contributed by atoms with E-state index in [-0.39, 0.29) is 5.91 Å². The van der Waals surface area contributed by atoms with Crippen molar-refractivity contribution in [2.24, 2.45) is 0 Å². The molecule has 1 aromatic heterocycles. The van der Waals surface area contributed by atoms with Gasteiger partial charge in [-0.3, -0.25) is 9.69 Å². The fourth-order valence-corrected chi connectivity index (χ4v) is 3.96. The zero-order valence-corrected chi connectivity index (χ0v) is 17.1. The van der Waals surface area contributed by atoms with E-state index in [4.69, 9.17) is 9.47 Å². The minimum Gasteiger partial charge on any atom is -0.493 e. The maximum absolute atomic E-state index is 13.0. The van der Waals surface area contributed by atoms with Crippen molar-refractivity contribution in [3.8, 4) is 11.5 Å². The first-order valence-electron chi connectivity index (χ1n) is 9.82. The van der Waals surface area contributed by atoms with Gasteiger partial charge in [-0.1, -0.05) is 30.3 Å². The molecule has 4 aromatic rings. The Bertz CT molecular complexity index is 1290. The molecule has 7 heteroatoms. The second-order valence-corrected chi connectivity index (χ2v) is 7.09. The number of carbonyl (C=O) groups is 1. The highest BCUT2D eigenvalue weighted by molar-refractivity contribution is 6.04. The number of hydrogen-bond acceptors (Lipinski definition) is 6. The van der Waals surface area contributed by atoms with Gasteiger partial charge in [0.15, 0.2) is 11.5 Å². The van der Waals surface area contributed by atoms with Gasteiger partial charge in [0.25, 0.3) is 5.91 Å². The number of benzene rings is 3. The lowest BCUT2D eigenvalue weighted by molar-refractivity contribution is 0.0929. The molecule has 7 nitrogen and oxygen atoms in total. The van der Waals surface area contributed by atoms with Crippen molar-refractivity contribution in [2.75, 3.05) is 19.1 Å². The van der Waals surface area contributed by atoms with Crippen LogP contribution in [0.3, 0.4) is 0 Å². The first-order chi connectivity index (χ1) is 15.2. The fourth-order valence-electron chi connectivity index (χ4n) is 3.96. The molecule has 2 heterocycles. The van der Waals surface area contributed by atoms with Gasteiger partial charge in [0.2, 0.25) is 0 Å². The maximum atomic E-state index is 13.0. The lowest BCUT2D eigenvalue weighted by Crippen LogP contribution is -2.44. The predicted molar refractivity (Wildman–Crippen MR) is 118 cm³/mol. The first-order valence-corrected chi connectivity index (χ1v) is 9.82. The van der Waals surface area contributed by atoms with Crippen LogP contribution in [0, 0.1) is 0 Å². The van der Waals surface area contributed by atoms with Crippen molar-refractivity contribution in [1.82, 2.24) is 15.3 Å². The molecule has 0 saturated heterocycles. The number of para-hydroxylation sites is 2. The second-order valence-electron chi connectivity index (χ2n) is 7.09. The van der Waals surface area contributed by atoms with Gasteiger partial charge < -0.3 is 14.8 Å². The highest BCUT2D eigenvalue weighted by atomic mass is 16.5. The number of fused-ring (bicyclic) bond motifs is 2. The molecule has 1 N–H and O–H groups in total. The van der Waals surface area contributed by atoms with E-state index in [0.29, 0.717) is 22.9 Å². The quantitative estimate of drug-likeness (QED) is 0.541. The average Bonchev–Trinajstić information content (AvgIpc) is 2.83. The minimum atomic E-state index is -0.500. The summed E-state index contributed by atoms with van der Waals surface area (Å²) in [5, 5.41) is 4.01. The number of nitrogens with zero attached hydrogens (tertiary/aromatic N) is 3. The average molecular weight is 412 g/mol. The van der Waals surface area contributed by atoms with Crippen LogP contribution in [0.4, 0.5) is 11.5 Å². The summed E-state index contributed by atoms with van der Waals surface area (Å²) in [4.78, 5) is 24.0. The molecular weight excluding hydrogens is 392 g/mol. The number of carbonyl (C=O) groups excluding carboxylic acids is 1. The molecule has 1 aliphatic rings. The molecule has 3 aromatic carbocycles. The molecule has 0 saturated carbocycles. The lowest BCUT2D eigenvalue weighted by Gasteiger charge is -2.38. The molecule has 5 rings (SSSR count). The minimum absolute atomic E-state index is 0.148. The Morgan fingerprint density at radius 3 is 2.52 bits per heavy atom. The Morgan fingerprint density at radius 1 is 0.903 bits per heavy atom. The van der Waals surface area contributed by atoms with Crippen LogP contribution in [-0.4, -0.2) is 30.1 Å². The van der Waals surface area contributed by atoms with Gasteiger partial charge in [-0.2, -0.15) is 0 Å². The van der Waals surface area contributed by atoms with Crippen molar-refractivity contribution in [3.63, 3.8) is 0 Å². The van der Waals surface area contributed by atoms with E-state index >= 15 is 0 Å². The third-order valence-corrected chi connectivity index (χ3v) is 5.41. The molecular formula is C24H20N4O3. The monoisotopic (exact) mass is 412 g/mol. The van der Waals surface area contributed by atoms with Crippen LogP contribution in [0.25, 0.3) is 10.9 Å². The molecule has 0 bridgehead atoms. The van der Waals surface area contributed by atoms with Crippen LogP contribution in [-0.2, 0) is 0 Å². The number of nitrogens with one attached hydrogen (secondary N) is 1. The van der Waals surface area contributed by atoms with Crippen LogP contribution in [0.1, 0.15) is 22.1 Å². The number of methoxy groups -OCH3 is 2. The molecule has 1 amide bonds. The molecule has 0 radical (unpaired) electrons. The number of ether oxygens (including phenoxy) is 2. The van der Waals surface area contributed by atoms with Gasteiger partial charge in [0.05, 0.1) is 31.0 Å². The standard InChI is InChI=1S/C24H20N4O3/c1-30-20-12-11-15(13-21(20)31-2)22-27-24(29)17-8-4-6-10-19(17)28(22)23-16-7-3-5-9-18(16)25-14-26-23/h3-14,22H,1-2H3,(H,27,29). The number of hydrogen-bond donors (Lipinski definition) is 1. The zero-order valence-electron chi connectivity index (χ0n) is 17.1. The largest absolute Gasteiger partial charge is 0.493 e. The van der Waals surface area contributed by atoms with Crippen molar-refractivity contribution in [3.05, 3.63) is 84.2 Å². The van der Waals surface area contributed by atoms with Crippen molar-refractivity contribution >= 4 is 28.3 Å². The van der Waals surface area contributed by atoms with Gasteiger partial charge >= 0.3 is 0 Å². The van der Waals surface area contributed by atoms with Crippen LogP contribution in [0.5, 0.6) is 11.5 Å². The molecule has 0 fully saturated rings. The molecule has 1 aliphatic heterocycles. The summed E-state index contributed by atoms with van der Waals surface area (Å²) in [6.45, 7) is 0. The Hall–Kier alpha value is -4.13. The Labute approximate surface area is 179 Å². The van der Waals surface area contributed by atoms with E-state index in [1.165, 1.54) is 0 Å². The smallest absolute Gasteiger partial charge is 0.255 e. The normalized spacial score (nSPS) is 15.4. The number of anilines is 2. The van der Waals surface area contributed by atoms with Crippen molar-refractivity contribution in [2.45, 2.75) is 6.17 Å².